The molecule has 1 fully saturated rings. The predicted octanol–water partition coefficient (Wildman–Crippen LogP) is 0.399. The van der Waals surface area contributed by atoms with E-state index in [0.29, 0.717) is 5.92 Å². The first kappa shape index (κ1) is 9.96. The van der Waals surface area contributed by atoms with E-state index in [0.717, 1.165) is 0 Å². The van der Waals surface area contributed by atoms with Crippen LogP contribution in [0.5, 0.6) is 0 Å². The van der Waals surface area contributed by atoms with Gasteiger partial charge in [-0.25, -0.2) is 0 Å². The van der Waals surface area contributed by atoms with Crippen molar-refractivity contribution >= 4 is 0 Å². The van der Waals surface area contributed by atoms with E-state index in [1.54, 1.807) is 0 Å². The Hall–Kier alpha value is -0.120. The fraction of sp³-hybridized carbons (Fsp3) is 1.00. The zero-order chi connectivity index (χ0) is 9.30. The fourth-order valence-electron chi connectivity index (χ4n) is 1.85. The summed E-state index contributed by atoms with van der Waals surface area (Å²) in [6, 6.07) is 0. The molecule has 2 N–H and O–H groups in total. The average Bonchev–Trinajstić information content (AvgIpc) is 2.30. The van der Waals surface area contributed by atoms with Crippen LogP contribution in [-0.2, 0) is 4.74 Å². The first-order valence-corrected chi connectivity index (χ1v) is 4.52. The van der Waals surface area contributed by atoms with Crippen LogP contribution in [0.15, 0.2) is 0 Å². The summed E-state index contributed by atoms with van der Waals surface area (Å²) in [6.45, 7) is 6.00. The maximum absolute atomic E-state index is 9.59. The van der Waals surface area contributed by atoms with Gasteiger partial charge in [0, 0.05) is 5.92 Å². The van der Waals surface area contributed by atoms with Crippen LogP contribution in [0.1, 0.15) is 20.8 Å². The van der Waals surface area contributed by atoms with Crippen molar-refractivity contribution in [3.63, 3.8) is 0 Å². The Morgan fingerprint density at radius 2 is 2.00 bits per heavy atom. The molecule has 0 aliphatic carbocycles. The van der Waals surface area contributed by atoms with Crippen LogP contribution in [0.25, 0.3) is 0 Å². The zero-order valence-corrected chi connectivity index (χ0v) is 7.90. The molecule has 0 aromatic carbocycles. The Labute approximate surface area is 73.4 Å². The minimum absolute atomic E-state index is 0.0807. The Kier molecular flexibility index (Phi) is 3.09. The van der Waals surface area contributed by atoms with Gasteiger partial charge in [0.25, 0.3) is 0 Å². The van der Waals surface area contributed by atoms with Crippen molar-refractivity contribution < 1.29 is 14.9 Å². The molecule has 1 unspecified atom stereocenters. The lowest BCUT2D eigenvalue weighted by Gasteiger charge is -2.18. The number of hydrogen-bond acceptors (Lipinski definition) is 3. The van der Waals surface area contributed by atoms with Crippen molar-refractivity contribution in [1.29, 1.82) is 0 Å². The average molecular weight is 174 g/mol. The summed E-state index contributed by atoms with van der Waals surface area (Å²) >= 11 is 0. The highest BCUT2D eigenvalue weighted by atomic mass is 16.5. The van der Waals surface area contributed by atoms with Gasteiger partial charge >= 0.3 is 0 Å². The van der Waals surface area contributed by atoms with E-state index in [2.05, 4.69) is 13.8 Å². The third-order valence-corrected chi connectivity index (χ3v) is 2.61. The van der Waals surface area contributed by atoms with Gasteiger partial charge in [0.05, 0.1) is 18.8 Å². The SMILES string of the molecule is CC(C)[C@H]1O[C@@H](CO)[C@@H](O)C1C. The van der Waals surface area contributed by atoms with Crippen LogP contribution in [-0.4, -0.2) is 35.1 Å². The molecule has 4 atom stereocenters. The van der Waals surface area contributed by atoms with E-state index in [4.69, 9.17) is 9.84 Å². The van der Waals surface area contributed by atoms with Crippen molar-refractivity contribution in [3.05, 3.63) is 0 Å². The topological polar surface area (TPSA) is 49.7 Å². The zero-order valence-electron chi connectivity index (χ0n) is 7.90. The lowest BCUT2D eigenvalue weighted by molar-refractivity contribution is -0.0341. The van der Waals surface area contributed by atoms with Gasteiger partial charge < -0.3 is 14.9 Å². The minimum Gasteiger partial charge on any atom is -0.394 e. The Morgan fingerprint density at radius 3 is 2.25 bits per heavy atom. The normalized spacial score (nSPS) is 42.5. The highest BCUT2D eigenvalue weighted by Gasteiger charge is 2.41. The van der Waals surface area contributed by atoms with Gasteiger partial charge in [-0.1, -0.05) is 20.8 Å². The van der Waals surface area contributed by atoms with Crippen LogP contribution >= 0.6 is 0 Å². The highest BCUT2D eigenvalue weighted by molar-refractivity contribution is 4.88. The second kappa shape index (κ2) is 3.73. The molecule has 3 nitrogen and oxygen atoms in total. The molecule has 1 rings (SSSR count). The van der Waals surface area contributed by atoms with Crippen molar-refractivity contribution in [3.8, 4) is 0 Å². The molecule has 0 radical (unpaired) electrons. The number of aliphatic hydroxyl groups excluding tert-OH is 2. The first-order chi connectivity index (χ1) is 5.57. The molecule has 0 spiro atoms. The molecule has 0 amide bonds. The lowest BCUT2D eigenvalue weighted by atomic mass is 9.92. The summed E-state index contributed by atoms with van der Waals surface area (Å²) in [6.07, 6.45) is -0.813. The quantitative estimate of drug-likeness (QED) is 0.637. The van der Waals surface area contributed by atoms with Crippen molar-refractivity contribution in [2.75, 3.05) is 6.61 Å². The van der Waals surface area contributed by atoms with Gasteiger partial charge in [-0.3, -0.25) is 0 Å². The number of rotatable bonds is 2. The third kappa shape index (κ3) is 1.63. The maximum Gasteiger partial charge on any atom is 0.107 e. The molecular formula is C9H18O3. The molecule has 1 aliphatic rings. The molecule has 1 aliphatic heterocycles. The molecule has 3 heteroatoms. The summed E-state index contributed by atoms with van der Waals surface area (Å²) in [5.41, 5.74) is 0. The summed E-state index contributed by atoms with van der Waals surface area (Å²) in [5.74, 6) is 0.522. The van der Waals surface area contributed by atoms with Crippen molar-refractivity contribution in [2.45, 2.75) is 39.1 Å². The number of hydrogen-bond donors (Lipinski definition) is 2. The predicted molar refractivity (Wildman–Crippen MR) is 45.8 cm³/mol. The molecule has 0 aromatic heterocycles. The third-order valence-electron chi connectivity index (χ3n) is 2.61. The molecule has 1 heterocycles. The molecule has 0 saturated carbocycles. The van der Waals surface area contributed by atoms with Gasteiger partial charge in [0.15, 0.2) is 0 Å². The van der Waals surface area contributed by atoms with E-state index in [9.17, 15) is 5.11 Å². The van der Waals surface area contributed by atoms with Crippen molar-refractivity contribution in [1.82, 2.24) is 0 Å². The van der Waals surface area contributed by atoms with Crippen LogP contribution in [0, 0.1) is 11.8 Å². The first-order valence-electron chi connectivity index (χ1n) is 4.52. The van der Waals surface area contributed by atoms with Gasteiger partial charge in [-0.15, -0.1) is 0 Å². The van der Waals surface area contributed by atoms with E-state index in [1.807, 2.05) is 6.92 Å². The van der Waals surface area contributed by atoms with Crippen LogP contribution in [0.3, 0.4) is 0 Å². The smallest absolute Gasteiger partial charge is 0.107 e. The Bertz CT molecular complexity index is 147. The van der Waals surface area contributed by atoms with E-state index < -0.39 is 6.10 Å². The minimum atomic E-state index is -0.512. The van der Waals surface area contributed by atoms with Crippen LogP contribution < -0.4 is 0 Å². The number of aliphatic hydroxyl groups is 2. The molecule has 0 bridgehead atoms. The standard InChI is InChI=1S/C9H18O3/c1-5(2)9-6(3)8(11)7(4-10)12-9/h5-11H,4H2,1-3H3/t6?,7-,8-,9+/m0/s1. The maximum atomic E-state index is 9.59. The lowest BCUT2D eigenvalue weighted by Crippen LogP contribution is -2.28. The summed E-state index contributed by atoms with van der Waals surface area (Å²) < 4.78 is 5.50. The summed E-state index contributed by atoms with van der Waals surface area (Å²) in [4.78, 5) is 0. The summed E-state index contributed by atoms with van der Waals surface area (Å²) in [7, 11) is 0. The van der Waals surface area contributed by atoms with Crippen LogP contribution in [0.4, 0.5) is 0 Å². The molecule has 1 saturated heterocycles. The monoisotopic (exact) mass is 174 g/mol. The van der Waals surface area contributed by atoms with Crippen molar-refractivity contribution in [2.24, 2.45) is 11.8 Å². The van der Waals surface area contributed by atoms with E-state index in [1.165, 1.54) is 0 Å². The molecular weight excluding hydrogens is 156 g/mol. The fourth-order valence-corrected chi connectivity index (χ4v) is 1.85. The van der Waals surface area contributed by atoms with Gasteiger partial charge in [0.1, 0.15) is 6.10 Å². The van der Waals surface area contributed by atoms with E-state index >= 15 is 0 Å². The molecule has 72 valence electrons. The molecule has 12 heavy (non-hydrogen) atoms. The summed E-state index contributed by atoms with van der Waals surface area (Å²) in [5, 5.41) is 18.5. The number of ether oxygens (including phenoxy) is 1. The second-order valence-corrected chi connectivity index (χ2v) is 3.92. The van der Waals surface area contributed by atoms with Gasteiger partial charge in [-0.05, 0) is 5.92 Å². The largest absolute Gasteiger partial charge is 0.394 e. The van der Waals surface area contributed by atoms with Gasteiger partial charge in [-0.2, -0.15) is 0 Å². The Morgan fingerprint density at radius 1 is 1.42 bits per heavy atom. The van der Waals surface area contributed by atoms with E-state index in [-0.39, 0.29) is 24.7 Å². The second-order valence-electron chi connectivity index (χ2n) is 3.92. The van der Waals surface area contributed by atoms with Crippen LogP contribution in [0.2, 0.25) is 0 Å². The molecule has 0 aromatic rings. The Balaban J connectivity index is 2.60. The van der Waals surface area contributed by atoms with Gasteiger partial charge in [0.2, 0.25) is 0 Å². The highest BCUT2D eigenvalue weighted by Crippen LogP contribution is 2.30.